The quantitative estimate of drug-likeness (QED) is 0.346. The molecule has 1 amide bonds. The van der Waals surface area contributed by atoms with Crippen molar-refractivity contribution in [3.8, 4) is 5.75 Å². The summed E-state index contributed by atoms with van der Waals surface area (Å²) in [5, 5.41) is 12.8. The number of benzene rings is 2. The highest BCUT2D eigenvalue weighted by molar-refractivity contribution is 14.1. The largest absolute Gasteiger partial charge is 0.507 e. The number of hydrogen-bond donors (Lipinski definition) is 4. The third-order valence-electron chi connectivity index (χ3n) is 2.52. The van der Waals surface area contributed by atoms with Crippen LogP contribution >= 0.6 is 34.8 Å². The van der Waals surface area contributed by atoms with E-state index in [9.17, 15) is 9.90 Å². The number of amides is 1. The molecule has 0 aromatic heterocycles. The molecule has 5 nitrogen and oxygen atoms in total. The molecule has 0 spiro atoms. The minimum Gasteiger partial charge on any atom is -0.507 e. The molecule has 7 heteroatoms. The summed E-state index contributed by atoms with van der Waals surface area (Å²) in [6.07, 6.45) is 0. The van der Waals surface area contributed by atoms with Gasteiger partial charge in [0, 0.05) is 9.26 Å². The maximum absolute atomic E-state index is 11.9. The number of para-hydroxylation sites is 1. The Balaban J connectivity index is 1.90. The van der Waals surface area contributed by atoms with Crippen molar-refractivity contribution in [3.63, 3.8) is 0 Å². The Morgan fingerprint density at radius 2 is 1.86 bits per heavy atom. The molecular formula is C14H12IN3O2S. The topological polar surface area (TPSA) is 73.4 Å². The molecule has 0 saturated heterocycles. The minimum absolute atomic E-state index is 0.0895. The molecule has 2 rings (SSSR count). The fourth-order valence-electron chi connectivity index (χ4n) is 1.58. The van der Waals surface area contributed by atoms with Gasteiger partial charge in [-0.15, -0.1) is 0 Å². The van der Waals surface area contributed by atoms with Crippen molar-refractivity contribution in [2.75, 3.05) is 5.32 Å². The number of hydrogen-bond acceptors (Lipinski definition) is 3. The second-order valence-electron chi connectivity index (χ2n) is 4.06. The molecule has 2 aromatic rings. The summed E-state index contributed by atoms with van der Waals surface area (Å²) < 4.78 is 1.07. The molecule has 0 aliphatic carbocycles. The maximum atomic E-state index is 11.9. The zero-order valence-corrected chi connectivity index (χ0v) is 13.7. The van der Waals surface area contributed by atoms with E-state index in [2.05, 4.69) is 38.8 Å². The molecule has 4 N–H and O–H groups in total. The first-order valence-corrected chi connectivity index (χ1v) is 7.46. The first-order valence-electron chi connectivity index (χ1n) is 5.97. The van der Waals surface area contributed by atoms with Crippen LogP contribution in [-0.2, 0) is 0 Å². The number of thiocarbonyl (C=S) groups is 1. The second kappa shape index (κ2) is 7.23. The summed E-state index contributed by atoms with van der Waals surface area (Å²) in [6, 6.07) is 13.9. The van der Waals surface area contributed by atoms with Crippen LogP contribution in [0.5, 0.6) is 5.75 Å². The average Bonchev–Trinajstić information content (AvgIpc) is 2.45. The molecular weight excluding hydrogens is 401 g/mol. The van der Waals surface area contributed by atoms with Crippen molar-refractivity contribution < 1.29 is 9.90 Å². The SMILES string of the molecule is O=C(NNC(=S)Nc1cccc(I)c1)c1ccccc1O. The number of rotatable bonds is 2. The third-order valence-corrected chi connectivity index (χ3v) is 3.40. The zero-order valence-electron chi connectivity index (χ0n) is 10.8. The molecule has 0 heterocycles. The highest BCUT2D eigenvalue weighted by atomic mass is 127. The van der Waals surface area contributed by atoms with E-state index < -0.39 is 5.91 Å². The molecule has 21 heavy (non-hydrogen) atoms. The third kappa shape index (κ3) is 4.57. The number of phenolic OH excluding ortho intramolecular Hbond substituents is 1. The van der Waals surface area contributed by atoms with Crippen LogP contribution in [-0.4, -0.2) is 16.1 Å². The first kappa shape index (κ1) is 15.5. The van der Waals surface area contributed by atoms with Gasteiger partial charge in [0.1, 0.15) is 5.75 Å². The number of carbonyl (C=O) groups excluding carboxylic acids is 1. The molecule has 0 aliphatic heterocycles. The van der Waals surface area contributed by atoms with Gasteiger partial charge in [0.2, 0.25) is 0 Å². The van der Waals surface area contributed by atoms with Crippen LogP contribution < -0.4 is 16.2 Å². The lowest BCUT2D eigenvalue weighted by atomic mass is 10.2. The summed E-state index contributed by atoms with van der Waals surface area (Å²) >= 11 is 7.27. The standard InChI is InChI=1S/C14H12IN3O2S/c15-9-4-3-5-10(8-9)16-14(21)18-17-13(20)11-6-1-2-7-12(11)19/h1-8,19H,(H,17,20)(H2,16,18,21). The van der Waals surface area contributed by atoms with Gasteiger partial charge in [0.05, 0.1) is 5.56 Å². The Hall–Kier alpha value is -1.87. The summed E-state index contributed by atoms with van der Waals surface area (Å²) in [4.78, 5) is 11.9. The van der Waals surface area contributed by atoms with Gasteiger partial charge in [0.25, 0.3) is 5.91 Å². The van der Waals surface area contributed by atoms with Crippen LogP contribution in [0.1, 0.15) is 10.4 Å². The number of carbonyl (C=O) groups is 1. The van der Waals surface area contributed by atoms with Gasteiger partial charge in [0.15, 0.2) is 5.11 Å². The Morgan fingerprint density at radius 1 is 1.10 bits per heavy atom. The van der Waals surface area contributed by atoms with E-state index in [-0.39, 0.29) is 16.4 Å². The van der Waals surface area contributed by atoms with Crippen LogP contribution in [0.3, 0.4) is 0 Å². The Bertz CT molecular complexity index is 679. The smallest absolute Gasteiger partial charge is 0.273 e. The minimum atomic E-state index is -0.472. The van der Waals surface area contributed by atoms with E-state index in [0.29, 0.717) is 0 Å². The Kier molecular flexibility index (Phi) is 5.34. The lowest BCUT2D eigenvalue weighted by Gasteiger charge is -2.12. The van der Waals surface area contributed by atoms with Crippen molar-refractivity contribution >= 4 is 51.5 Å². The summed E-state index contributed by atoms with van der Waals surface area (Å²) in [7, 11) is 0. The number of nitrogens with one attached hydrogen (secondary N) is 3. The van der Waals surface area contributed by atoms with Gasteiger partial charge in [-0.05, 0) is 65.1 Å². The number of aromatic hydroxyl groups is 1. The molecule has 108 valence electrons. The highest BCUT2D eigenvalue weighted by Gasteiger charge is 2.09. The maximum Gasteiger partial charge on any atom is 0.273 e. The fourth-order valence-corrected chi connectivity index (χ4v) is 2.29. The van der Waals surface area contributed by atoms with Crippen molar-refractivity contribution in [3.05, 3.63) is 57.7 Å². The molecule has 0 radical (unpaired) electrons. The number of anilines is 1. The van der Waals surface area contributed by atoms with Gasteiger partial charge in [-0.3, -0.25) is 15.6 Å². The molecule has 0 unspecified atom stereocenters. The van der Waals surface area contributed by atoms with E-state index >= 15 is 0 Å². The van der Waals surface area contributed by atoms with Crippen molar-refractivity contribution in [1.29, 1.82) is 0 Å². The van der Waals surface area contributed by atoms with Crippen LogP contribution in [0.25, 0.3) is 0 Å². The molecule has 0 fully saturated rings. The van der Waals surface area contributed by atoms with Gasteiger partial charge in [-0.25, -0.2) is 0 Å². The van der Waals surface area contributed by atoms with Crippen LogP contribution in [0.2, 0.25) is 0 Å². The van der Waals surface area contributed by atoms with Crippen molar-refractivity contribution in [2.24, 2.45) is 0 Å². The van der Waals surface area contributed by atoms with Crippen LogP contribution in [0.4, 0.5) is 5.69 Å². The van der Waals surface area contributed by atoms with Gasteiger partial charge < -0.3 is 10.4 Å². The normalized spacial score (nSPS) is 9.76. The van der Waals surface area contributed by atoms with Crippen LogP contribution in [0.15, 0.2) is 48.5 Å². The Labute approximate surface area is 140 Å². The van der Waals surface area contributed by atoms with E-state index in [0.717, 1.165) is 9.26 Å². The first-order chi connectivity index (χ1) is 10.1. The van der Waals surface area contributed by atoms with E-state index in [1.807, 2.05) is 24.3 Å². The monoisotopic (exact) mass is 413 g/mol. The van der Waals surface area contributed by atoms with E-state index in [1.165, 1.54) is 12.1 Å². The molecule has 0 aliphatic rings. The summed E-state index contributed by atoms with van der Waals surface area (Å²) in [5.74, 6) is -0.562. The van der Waals surface area contributed by atoms with Crippen molar-refractivity contribution in [2.45, 2.75) is 0 Å². The predicted molar refractivity (Wildman–Crippen MR) is 94.1 cm³/mol. The second-order valence-corrected chi connectivity index (χ2v) is 5.71. The summed E-state index contributed by atoms with van der Waals surface area (Å²) in [6.45, 7) is 0. The molecule has 0 saturated carbocycles. The predicted octanol–water partition coefficient (Wildman–Crippen LogP) is 2.63. The number of phenols is 1. The van der Waals surface area contributed by atoms with Crippen molar-refractivity contribution in [1.82, 2.24) is 10.9 Å². The zero-order chi connectivity index (χ0) is 15.2. The fraction of sp³-hybridized carbons (Fsp3) is 0. The highest BCUT2D eigenvalue weighted by Crippen LogP contribution is 2.15. The average molecular weight is 413 g/mol. The van der Waals surface area contributed by atoms with E-state index in [1.54, 1.807) is 12.1 Å². The number of halogens is 1. The molecule has 0 atom stereocenters. The van der Waals surface area contributed by atoms with Crippen LogP contribution in [0, 0.1) is 3.57 Å². The van der Waals surface area contributed by atoms with E-state index in [4.69, 9.17) is 12.2 Å². The Morgan fingerprint density at radius 3 is 2.57 bits per heavy atom. The molecule has 0 bridgehead atoms. The molecule has 2 aromatic carbocycles. The lowest BCUT2D eigenvalue weighted by molar-refractivity contribution is 0.0941. The lowest BCUT2D eigenvalue weighted by Crippen LogP contribution is -2.43. The van der Waals surface area contributed by atoms with Gasteiger partial charge in [-0.2, -0.15) is 0 Å². The number of hydrazine groups is 1. The van der Waals surface area contributed by atoms with Gasteiger partial charge in [-0.1, -0.05) is 18.2 Å². The van der Waals surface area contributed by atoms with Gasteiger partial charge >= 0.3 is 0 Å². The summed E-state index contributed by atoms with van der Waals surface area (Å²) in [5.41, 5.74) is 5.99.